The van der Waals surface area contributed by atoms with E-state index in [0.717, 1.165) is 18.4 Å². The van der Waals surface area contributed by atoms with E-state index < -0.39 is 0 Å². The number of rotatable bonds is 3. The number of phenolic OH excluding ortho intramolecular Hbond substituents is 2. The normalized spacial score (nSPS) is 11.2. The van der Waals surface area contributed by atoms with Crippen LogP contribution in [0.3, 0.4) is 0 Å². The Balaban J connectivity index is 2.14. The highest BCUT2D eigenvalue weighted by atomic mass is 16.5. The van der Waals surface area contributed by atoms with Crippen LogP contribution in [0.2, 0.25) is 0 Å². The molecule has 3 rings (SSSR count). The lowest BCUT2D eigenvalue weighted by Crippen LogP contribution is -1.86. The maximum absolute atomic E-state index is 10.4. The van der Waals surface area contributed by atoms with Crippen LogP contribution < -0.4 is 0 Å². The zero-order chi connectivity index (χ0) is 15.9. The molecular formula is C18H19NO3. The van der Waals surface area contributed by atoms with Crippen LogP contribution in [0.4, 0.5) is 0 Å². The average Bonchev–Trinajstić information content (AvgIpc) is 2.86. The molecule has 22 heavy (non-hydrogen) atoms. The Labute approximate surface area is 128 Å². The van der Waals surface area contributed by atoms with Crippen molar-refractivity contribution in [3.8, 4) is 11.5 Å². The number of benzene rings is 2. The first-order valence-corrected chi connectivity index (χ1v) is 7.35. The molecule has 0 unspecified atom stereocenters. The predicted molar refractivity (Wildman–Crippen MR) is 87.3 cm³/mol. The number of nitrogens with zero attached hydrogens (tertiary/aromatic N) is 1. The molecule has 4 nitrogen and oxygen atoms in total. The van der Waals surface area contributed by atoms with Gasteiger partial charge in [-0.1, -0.05) is 28.9 Å². The molecule has 0 aliphatic heterocycles. The Kier molecular flexibility index (Phi) is 3.53. The molecule has 2 N–H and O–H groups in total. The first-order chi connectivity index (χ1) is 10.5. The van der Waals surface area contributed by atoms with Gasteiger partial charge in [0.2, 0.25) is 5.58 Å². The molecule has 0 amide bonds. The van der Waals surface area contributed by atoms with Gasteiger partial charge in [-0.25, -0.2) is 0 Å². The summed E-state index contributed by atoms with van der Waals surface area (Å²) in [5.41, 5.74) is 3.21. The van der Waals surface area contributed by atoms with E-state index in [1.54, 1.807) is 6.92 Å². The molecule has 114 valence electrons. The highest BCUT2D eigenvalue weighted by molar-refractivity contribution is 6.09. The van der Waals surface area contributed by atoms with E-state index in [1.165, 1.54) is 5.57 Å². The van der Waals surface area contributed by atoms with E-state index in [4.69, 9.17) is 4.52 Å². The number of aromatic hydroxyl groups is 2. The number of hydrogen-bond donors (Lipinski definition) is 2. The SMILES string of the molecule is CC(C)=CCCc1ccc2c(O)c3c(C)noc3c(O)c2c1. The first-order valence-electron chi connectivity index (χ1n) is 7.35. The lowest BCUT2D eigenvalue weighted by Gasteiger charge is -2.07. The molecule has 0 aliphatic rings. The van der Waals surface area contributed by atoms with Crippen LogP contribution in [0, 0.1) is 6.92 Å². The standard InChI is InChI=1S/C18H19NO3/c1-10(2)5-4-6-12-7-8-13-14(9-12)17(21)18-15(16(13)20)11(3)19-22-18/h5,7-9,20-21H,4,6H2,1-3H3. The van der Waals surface area contributed by atoms with Gasteiger partial charge >= 0.3 is 0 Å². The summed E-state index contributed by atoms with van der Waals surface area (Å²) in [6, 6.07) is 5.73. The fraction of sp³-hybridized carbons (Fsp3) is 0.278. The summed E-state index contributed by atoms with van der Waals surface area (Å²) in [4.78, 5) is 0. The van der Waals surface area contributed by atoms with Crippen LogP contribution in [0.5, 0.6) is 11.5 Å². The molecule has 3 aromatic rings. The molecule has 0 aliphatic carbocycles. The second-order valence-electron chi connectivity index (χ2n) is 5.87. The number of fused-ring (bicyclic) bond motifs is 2. The van der Waals surface area contributed by atoms with Crippen LogP contribution in [0.1, 0.15) is 31.5 Å². The number of aromatic nitrogens is 1. The maximum Gasteiger partial charge on any atom is 0.213 e. The third-order valence-corrected chi connectivity index (χ3v) is 3.89. The van der Waals surface area contributed by atoms with Gasteiger partial charge in [-0.2, -0.15) is 0 Å². The lowest BCUT2D eigenvalue weighted by molar-refractivity contribution is 0.421. The first kappa shape index (κ1) is 14.4. The lowest BCUT2D eigenvalue weighted by atomic mass is 10.00. The van der Waals surface area contributed by atoms with Crippen molar-refractivity contribution in [3.63, 3.8) is 0 Å². The molecule has 2 aromatic carbocycles. The van der Waals surface area contributed by atoms with E-state index in [9.17, 15) is 10.2 Å². The maximum atomic E-state index is 10.4. The Hall–Kier alpha value is -2.49. The number of phenols is 2. The van der Waals surface area contributed by atoms with Crippen molar-refractivity contribution < 1.29 is 14.7 Å². The van der Waals surface area contributed by atoms with Crippen LogP contribution >= 0.6 is 0 Å². The van der Waals surface area contributed by atoms with Gasteiger partial charge in [0.25, 0.3) is 0 Å². The van der Waals surface area contributed by atoms with Crippen molar-refractivity contribution in [1.82, 2.24) is 5.16 Å². The largest absolute Gasteiger partial charge is 0.506 e. The van der Waals surface area contributed by atoms with Crippen molar-refractivity contribution in [1.29, 1.82) is 0 Å². The number of allylic oxidation sites excluding steroid dienone is 2. The minimum absolute atomic E-state index is 0.0347. The van der Waals surface area contributed by atoms with Gasteiger partial charge in [0.1, 0.15) is 5.75 Å². The molecule has 0 fully saturated rings. The van der Waals surface area contributed by atoms with Gasteiger partial charge in [-0.15, -0.1) is 0 Å². The highest BCUT2D eigenvalue weighted by Crippen LogP contribution is 2.43. The summed E-state index contributed by atoms with van der Waals surface area (Å²) in [5, 5.41) is 26.4. The van der Waals surface area contributed by atoms with Gasteiger partial charge in [0.15, 0.2) is 5.75 Å². The van der Waals surface area contributed by atoms with Crippen LogP contribution in [0.15, 0.2) is 34.4 Å². The smallest absolute Gasteiger partial charge is 0.213 e. The van der Waals surface area contributed by atoms with Crippen molar-refractivity contribution in [2.45, 2.75) is 33.6 Å². The molecule has 0 spiro atoms. The number of aryl methyl sites for hydroxylation is 2. The number of hydrogen-bond acceptors (Lipinski definition) is 4. The topological polar surface area (TPSA) is 66.5 Å². The summed E-state index contributed by atoms with van der Waals surface area (Å²) < 4.78 is 5.15. The highest BCUT2D eigenvalue weighted by Gasteiger charge is 2.19. The van der Waals surface area contributed by atoms with Crippen LogP contribution in [-0.4, -0.2) is 15.4 Å². The van der Waals surface area contributed by atoms with Crippen molar-refractivity contribution in [2.24, 2.45) is 0 Å². The molecule has 0 saturated heterocycles. The van der Waals surface area contributed by atoms with Crippen molar-refractivity contribution >= 4 is 21.7 Å². The predicted octanol–water partition coefficient (Wildman–Crippen LogP) is 4.60. The van der Waals surface area contributed by atoms with Crippen LogP contribution in [-0.2, 0) is 6.42 Å². The minimum Gasteiger partial charge on any atom is -0.506 e. The Morgan fingerprint density at radius 1 is 1.18 bits per heavy atom. The molecule has 1 heterocycles. The van der Waals surface area contributed by atoms with Gasteiger partial charge in [-0.05, 0) is 45.2 Å². The summed E-state index contributed by atoms with van der Waals surface area (Å²) in [6.07, 6.45) is 4.02. The van der Waals surface area contributed by atoms with E-state index in [1.807, 2.05) is 18.2 Å². The average molecular weight is 297 g/mol. The third-order valence-electron chi connectivity index (χ3n) is 3.89. The summed E-state index contributed by atoms with van der Waals surface area (Å²) in [7, 11) is 0. The second-order valence-corrected chi connectivity index (χ2v) is 5.87. The third kappa shape index (κ3) is 2.30. The van der Waals surface area contributed by atoms with Gasteiger partial charge in [-0.3, -0.25) is 0 Å². The second kappa shape index (κ2) is 5.37. The van der Waals surface area contributed by atoms with Gasteiger partial charge in [0, 0.05) is 10.8 Å². The molecule has 0 radical (unpaired) electrons. The van der Waals surface area contributed by atoms with Gasteiger partial charge < -0.3 is 14.7 Å². The van der Waals surface area contributed by atoms with E-state index in [0.29, 0.717) is 21.9 Å². The molecular weight excluding hydrogens is 278 g/mol. The monoisotopic (exact) mass is 297 g/mol. The minimum atomic E-state index is 0.0347. The molecule has 0 bridgehead atoms. The summed E-state index contributed by atoms with van der Waals surface area (Å²) in [6.45, 7) is 5.89. The summed E-state index contributed by atoms with van der Waals surface area (Å²) >= 11 is 0. The summed E-state index contributed by atoms with van der Waals surface area (Å²) in [5.74, 6) is 0.143. The Bertz CT molecular complexity index is 886. The van der Waals surface area contributed by atoms with E-state index >= 15 is 0 Å². The zero-order valence-corrected chi connectivity index (χ0v) is 13.0. The molecule has 0 saturated carbocycles. The fourth-order valence-corrected chi connectivity index (χ4v) is 2.74. The molecule has 1 aromatic heterocycles. The fourth-order valence-electron chi connectivity index (χ4n) is 2.74. The van der Waals surface area contributed by atoms with E-state index in [-0.39, 0.29) is 17.1 Å². The van der Waals surface area contributed by atoms with E-state index in [2.05, 4.69) is 25.1 Å². The van der Waals surface area contributed by atoms with Crippen molar-refractivity contribution in [3.05, 3.63) is 41.1 Å². The quantitative estimate of drug-likeness (QED) is 0.547. The molecule has 4 heteroatoms. The van der Waals surface area contributed by atoms with Crippen molar-refractivity contribution in [2.75, 3.05) is 0 Å². The Morgan fingerprint density at radius 3 is 2.68 bits per heavy atom. The molecule has 0 atom stereocenters. The van der Waals surface area contributed by atoms with Gasteiger partial charge in [0.05, 0.1) is 11.1 Å². The Morgan fingerprint density at radius 2 is 1.95 bits per heavy atom. The van der Waals surface area contributed by atoms with Crippen LogP contribution in [0.25, 0.3) is 21.7 Å². The zero-order valence-electron chi connectivity index (χ0n) is 13.0.